The van der Waals surface area contributed by atoms with Crippen LogP contribution in [0.1, 0.15) is 0 Å². The first-order chi connectivity index (χ1) is 19.5. The topological polar surface area (TPSA) is 171 Å². The lowest BCUT2D eigenvalue weighted by Gasteiger charge is -2.38. The van der Waals surface area contributed by atoms with Gasteiger partial charge in [-0.05, 0) is 36.4 Å². The van der Waals surface area contributed by atoms with Gasteiger partial charge >= 0.3 is 0 Å². The Balaban J connectivity index is 1.37. The van der Waals surface area contributed by atoms with E-state index in [-0.39, 0.29) is 0 Å². The Morgan fingerprint density at radius 1 is 0.600 bits per heavy atom. The summed E-state index contributed by atoms with van der Waals surface area (Å²) in [6.07, 6.45) is 17.2. The highest BCUT2D eigenvalue weighted by atomic mass is 32.2. The molecule has 6 rings (SSSR count). The predicted molar refractivity (Wildman–Crippen MR) is 137 cm³/mol. The third-order valence-corrected chi connectivity index (χ3v) is 7.58. The second-order valence-corrected chi connectivity index (χ2v) is 10.4. The number of hydrogen-bond donors (Lipinski definition) is 1. The molecule has 0 saturated heterocycles. The van der Waals surface area contributed by atoms with Gasteiger partial charge in [0, 0.05) is 74.4 Å². The molecular formula is C23H24N12O4S. The molecule has 16 nitrogen and oxygen atoms in total. The molecular weight excluding hydrogens is 540 g/mol. The minimum Gasteiger partial charge on any atom is -0.385 e. The van der Waals surface area contributed by atoms with Crippen molar-refractivity contribution in [3.63, 3.8) is 0 Å². The predicted octanol–water partition coefficient (Wildman–Crippen LogP) is -0.313. The average molecular weight is 565 g/mol. The van der Waals surface area contributed by atoms with Gasteiger partial charge in [0.05, 0.1) is 0 Å². The van der Waals surface area contributed by atoms with Crippen molar-refractivity contribution in [3.8, 4) is 0 Å². The van der Waals surface area contributed by atoms with Crippen LogP contribution in [0.15, 0.2) is 111 Å². The van der Waals surface area contributed by atoms with Gasteiger partial charge in [-0.3, -0.25) is 4.18 Å². The van der Waals surface area contributed by atoms with Gasteiger partial charge in [-0.15, -0.1) is 0 Å². The fourth-order valence-corrected chi connectivity index (χ4v) is 5.69. The number of hydrogen-bond acceptors (Lipinski definition) is 10. The zero-order chi connectivity index (χ0) is 27.6. The van der Waals surface area contributed by atoms with Crippen LogP contribution in [0.4, 0.5) is 0 Å². The van der Waals surface area contributed by atoms with Crippen LogP contribution in [-0.2, 0) is 25.9 Å². The van der Waals surface area contributed by atoms with Crippen LogP contribution in [0.25, 0.3) is 0 Å². The third kappa shape index (κ3) is 4.12. The first kappa shape index (κ1) is 25.4. The Morgan fingerprint density at radius 3 is 1.23 bits per heavy atom. The quantitative estimate of drug-likeness (QED) is 0.194. The minimum atomic E-state index is -4.44. The largest absolute Gasteiger partial charge is 0.385 e. The van der Waals surface area contributed by atoms with Crippen molar-refractivity contribution in [2.24, 2.45) is 0 Å². The smallest absolute Gasteiger partial charge is 0.276 e. The van der Waals surface area contributed by atoms with Crippen molar-refractivity contribution in [2.45, 2.75) is 17.7 Å². The van der Waals surface area contributed by atoms with E-state index in [1.807, 2.05) is 0 Å². The van der Waals surface area contributed by atoms with E-state index in [1.165, 1.54) is 46.7 Å². The van der Waals surface area contributed by atoms with E-state index >= 15 is 0 Å². The van der Waals surface area contributed by atoms with E-state index in [0.29, 0.717) is 0 Å². The molecule has 40 heavy (non-hydrogen) atoms. The third-order valence-electron chi connectivity index (χ3n) is 6.38. The van der Waals surface area contributed by atoms with Gasteiger partial charge in [0.1, 0.15) is 18.5 Å². The van der Waals surface area contributed by atoms with Crippen LogP contribution in [-0.4, -0.2) is 90.7 Å². The molecule has 6 aromatic rings. The molecule has 0 spiro atoms. The van der Waals surface area contributed by atoms with Crippen molar-refractivity contribution in [1.82, 2.24) is 58.7 Å². The normalized spacial score (nSPS) is 13.5. The van der Waals surface area contributed by atoms with Gasteiger partial charge in [0.25, 0.3) is 21.7 Å². The van der Waals surface area contributed by atoms with Crippen LogP contribution in [0, 0.1) is 0 Å². The number of aromatic nitrogens is 12. The molecule has 1 unspecified atom stereocenters. The van der Waals surface area contributed by atoms with Crippen LogP contribution in [0.5, 0.6) is 0 Å². The summed E-state index contributed by atoms with van der Waals surface area (Å²) >= 11 is 0. The van der Waals surface area contributed by atoms with Gasteiger partial charge in [-0.2, -0.15) is 39.0 Å². The Morgan fingerprint density at radius 2 is 0.925 bits per heavy atom. The Labute approximate surface area is 227 Å². The van der Waals surface area contributed by atoms with Crippen LogP contribution in [0.2, 0.25) is 0 Å². The van der Waals surface area contributed by atoms with Crippen molar-refractivity contribution >= 4 is 10.1 Å². The average Bonchev–Trinajstić information content (AvgIpc) is 3.80. The summed E-state index contributed by atoms with van der Waals surface area (Å²) in [5.74, 6) is -4.02. The van der Waals surface area contributed by atoms with E-state index in [9.17, 15) is 13.5 Å². The summed E-state index contributed by atoms with van der Waals surface area (Å²) in [6, 6.07) is 10.00. The summed E-state index contributed by atoms with van der Waals surface area (Å²) in [7, 11) is -4.44. The molecule has 17 heteroatoms. The lowest BCUT2D eigenvalue weighted by atomic mass is 10.2. The lowest BCUT2D eigenvalue weighted by Crippen LogP contribution is -2.59. The fraction of sp³-hybridized carbons (Fsp3) is 0.217. The second-order valence-electron chi connectivity index (χ2n) is 8.67. The molecule has 0 radical (unpaired) electrons. The first-order valence-corrected chi connectivity index (χ1v) is 13.6. The first-order valence-electron chi connectivity index (χ1n) is 12.0. The van der Waals surface area contributed by atoms with Gasteiger partial charge in [0.2, 0.25) is 0 Å². The molecule has 0 aliphatic rings. The van der Waals surface area contributed by atoms with Crippen molar-refractivity contribution < 1.29 is 17.7 Å². The van der Waals surface area contributed by atoms with Gasteiger partial charge < -0.3 is 5.11 Å². The molecule has 0 saturated carbocycles. The number of aliphatic hydroxyl groups excluding tert-OH is 1. The summed E-state index contributed by atoms with van der Waals surface area (Å²) in [5, 5.41) is 37.6. The maximum absolute atomic E-state index is 13.6. The Bertz CT molecular complexity index is 1530. The van der Waals surface area contributed by atoms with Crippen LogP contribution in [0.3, 0.4) is 0 Å². The molecule has 6 aromatic heterocycles. The van der Waals surface area contributed by atoms with Gasteiger partial charge in [-0.1, -0.05) is 0 Å². The number of rotatable bonds is 12. The molecule has 0 fully saturated rings. The van der Waals surface area contributed by atoms with E-state index in [0.717, 1.165) is 0 Å². The molecule has 0 bridgehead atoms. The molecule has 0 aliphatic carbocycles. The van der Waals surface area contributed by atoms with E-state index < -0.39 is 40.2 Å². The summed E-state index contributed by atoms with van der Waals surface area (Å²) in [4.78, 5) is 0. The molecule has 0 aromatic carbocycles. The zero-order valence-electron chi connectivity index (χ0n) is 20.8. The van der Waals surface area contributed by atoms with E-state index in [1.54, 1.807) is 92.2 Å². The molecule has 0 amide bonds. The molecule has 206 valence electrons. The maximum atomic E-state index is 13.6. The zero-order valence-corrected chi connectivity index (χ0v) is 21.6. The Kier molecular flexibility index (Phi) is 6.37. The fourth-order valence-electron chi connectivity index (χ4n) is 4.64. The highest BCUT2D eigenvalue weighted by molar-refractivity contribution is 7.86. The highest BCUT2D eigenvalue weighted by Gasteiger charge is 2.49. The standard InChI is InChI=1S/C23H24N12O4S/c36-21(23(33-16-4-10-27-33,34-17-5-11-28-34)35-18-6-12-29-35)19-40(37,38)39-20-22(30-13-1-7-24-30,31-14-2-8-25-31)32-15-3-9-26-32/h1-18,21,36H,19-20H2. The lowest BCUT2D eigenvalue weighted by molar-refractivity contribution is -0.0268. The Hall–Kier alpha value is -4.87. The molecule has 1 atom stereocenters. The molecule has 0 aliphatic heterocycles. The van der Waals surface area contributed by atoms with E-state index in [4.69, 9.17) is 4.18 Å². The summed E-state index contributed by atoms with van der Waals surface area (Å²) in [5.41, 5.74) is 0. The number of nitrogens with zero attached hydrogens (tertiary/aromatic N) is 12. The maximum Gasteiger partial charge on any atom is 0.276 e. The van der Waals surface area contributed by atoms with Crippen molar-refractivity contribution in [3.05, 3.63) is 111 Å². The monoisotopic (exact) mass is 564 g/mol. The summed E-state index contributed by atoms with van der Waals surface area (Å²) < 4.78 is 41.4. The molecule has 1 N–H and O–H groups in total. The van der Waals surface area contributed by atoms with E-state index in [2.05, 4.69) is 30.6 Å². The van der Waals surface area contributed by atoms with Crippen LogP contribution < -0.4 is 0 Å². The summed E-state index contributed by atoms with van der Waals surface area (Å²) in [6.45, 7) is -0.495. The van der Waals surface area contributed by atoms with Crippen LogP contribution >= 0.6 is 0 Å². The van der Waals surface area contributed by atoms with Gasteiger partial charge in [-0.25, -0.2) is 28.1 Å². The second kappa shape index (κ2) is 10.0. The highest BCUT2D eigenvalue weighted by Crippen LogP contribution is 2.27. The van der Waals surface area contributed by atoms with Crippen molar-refractivity contribution in [1.29, 1.82) is 0 Å². The number of aliphatic hydroxyl groups is 1. The molecule has 6 heterocycles. The minimum absolute atomic E-state index is 0.495. The van der Waals surface area contributed by atoms with Crippen molar-refractivity contribution in [2.75, 3.05) is 12.4 Å². The van der Waals surface area contributed by atoms with Gasteiger partial charge in [0.15, 0.2) is 0 Å². The SMILES string of the molecule is O=S(=O)(CC(O)C(n1cccn1)(n1cccn1)n1cccn1)OCC(n1cccn1)(n1cccn1)n1cccn1.